The number of ether oxygens (including phenoxy) is 3. The van der Waals surface area contributed by atoms with E-state index in [1.807, 2.05) is 0 Å². The lowest BCUT2D eigenvalue weighted by Crippen LogP contribution is -2.33. The molecule has 0 spiro atoms. The van der Waals surface area contributed by atoms with Crippen LogP contribution in [0.3, 0.4) is 0 Å². The van der Waals surface area contributed by atoms with E-state index in [0.717, 1.165) is 12.5 Å². The summed E-state index contributed by atoms with van der Waals surface area (Å²) in [5, 5.41) is 0. The molecule has 1 aliphatic rings. The van der Waals surface area contributed by atoms with Crippen molar-refractivity contribution in [1.82, 2.24) is 0 Å². The molecule has 0 bridgehead atoms. The third-order valence-electron chi connectivity index (χ3n) is 2.41. The first-order chi connectivity index (χ1) is 8.37. The standard InChI is InChI=1S/C11H24O5Si2/c1-17(16-18(2,3)4)7-5-6-13-8-10-9-14-11(12)15-10/h10,17H,5-9H2,1-4H3. The van der Waals surface area contributed by atoms with Crippen molar-refractivity contribution in [2.45, 2.75) is 44.8 Å². The van der Waals surface area contributed by atoms with E-state index in [1.54, 1.807) is 0 Å². The van der Waals surface area contributed by atoms with Gasteiger partial charge in [0.15, 0.2) is 23.5 Å². The number of carbonyl (C=O) groups excluding carboxylic acids is 1. The molecule has 2 unspecified atom stereocenters. The molecule has 0 N–H and O–H groups in total. The second-order valence-electron chi connectivity index (χ2n) is 5.56. The van der Waals surface area contributed by atoms with Gasteiger partial charge in [-0.2, -0.15) is 0 Å². The lowest BCUT2D eigenvalue weighted by molar-refractivity contribution is 0.0461. The summed E-state index contributed by atoms with van der Waals surface area (Å²) >= 11 is 0. The van der Waals surface area contributed by atoms with Gasteiger partial charge in [-0.15, -0.1) is 0 Å². The van der Waals surface area contributed by atoms with E-state index < -0.39 is 23.5 Å². The molecule has 106 valence electrons. The Hall–Kier alpha value is -0.376. The summed E-state index contributed by atoms with van der Waals surface area (Å²) in [5.74, 6) is 0. The fourth-order valence-electron chi connectivity index (χ4n) is 1.80. The Bertz CT molecular complexity index is 267. The molecule has 1 rings (SSSR count). The zero-order valence-corrected chi connectivity index (χ0v) is 13.9. The minimum atomic E-state index is -1.37. The molecule has 0 aromatic heterocycles. The lowest BCUT2D eigenvalue weighted by Gasteiger charge is -2.22. The fraction of sp³-hybridized carbons (Fsp3) is 0.909. The number of hydrogen-bond donors (Lipinski definition) is 0. The minimum Gasteiger partial charge on any atom is -0.458 e. The maximum atomic E-state index is 10.7. The fourth-order valence-corrected chi connectivity index (χ4v) is 7.84. The van der Waals surface area contributed by atoms with Crippen LogP contribution in [0.1, 0.15) is 6.42 Å². The molecular formula is C11H24O5Si2. The van der Waals surface area contributed by atoms with E-state index in [-0.39, 0.29) is 6.10 Å². The van der Waals surface area contributed by atoms with Crippen LogP contribution < -0.4 is 0 Å². The first-order valence-electron chi connectivity index (χ1n) is 6.46. The van der Waals surface area contributed by atoms with Crippen LogP contribution in [0.15, 0.2) is 0 Å². The maximum Gasteiger partial charge on any atom is 0.508 e. The van der Waals surface area contributed by atoms with Gasteiger partial charge in [0.25, 0.3) is 0 Å². The first kappa shape index (κ1) is 15.7. The first-order valence-corrected chi connectivity index (χ1v) is 12.3. The van der Waals surface area contributed by atoms with Crippen molar-refractivity contribution in [3.63, 3.8) is 0 Å². The zero-order chi connectivity index (χ0) is 13.6. The van der Waals surface area contributed by atoms with Gasteiger partial charge in [-0.05, 0) is 38.7 Å². The normalized spacial score (nSPS) is 21.6. The topological polar surface area (TPSA) is 54.0 Å². The van der Waals surface area contributed by atoms with Gasteiger partial charge in [0.1, 0.15) is 6.61 Å². The van der Waals surface area contributed by atoms with Crippen molar-refractivity contribution >= 4 is 23.5 Å². The molecule has 18 heavy (non-hydrogen) atoms. The van der Waals surface area contributed by atoms with Gasteiger partial charge < -0.3 is 18.3 Å². The molecule has 0 amide bonds. The Morgan fingerprint density at radius 2 is 2.17 bits per heavy atom. The van der Waals surface area contributed by atoms with Crippen LogP contribution in [0.25, 0.3) is 0 Å². The second-order valence-corrected chi connectivity index (χ2v) is 12.9. The average Bonchev–Trinajstić information content (AvgIpc) is 2.61. The van der Waals surface area contributed by atoms with Crippen molar-refractivity contribution in [3.05, 3.63) is 0 Å². The van der Waals surface area contributed by atoms with Crippen molar-refractivity contribution in [3.8, 4) is 0 Å². The van der Waals surface area contributed by atoms with Crippen LogP contribution in [-0.2, 0) is 18.3 Å². The third kappa shape index (κ3) is 7.15. The van der Waals surface area contributed by atoms with Crippen LogP contribution >= 0.6 is 0 Å². The third-order valence-corrected chi connectivity index (χ3v) is 8.07. The van der Waals surface area contributed by atoms with Gasteiger partial charge in [0, 0.05) is 6.61 Å². The highest BCUT2D eigenvalue weighted by Gasteiger charge is 2.24. The van der Waals surface area contributed by atoms with Crippen molar-refractivity contribution in [2.24, 2.45) is 0 Å². The van der Waals surface area contributed by atoms with Crippen LogP contribution in [0.5, 0.6) is 0 Å². The van der Waals surface area contributed by atoms with Crippen molar-refractivity contribution in [2.75, 3.05) is 19.8 Å². The Balaban J connectivity index is 1.97. The molecule has 0 radical (unpaired) electrons. The van der Waals surface area contributed by atoms with E-state index in [9.17, 15) is 4.79 Å². The Morgan fingerprint density at radius 3 is 2.72 bits per heavy atom. The highest BCUT2D eigenvalue weighted by atomic mass is 28.4. The minimum absolute atomic E-state index is 0.231. The summed E-state index contributed by atoms with van der Waals surface area (Å²) < 4.78 is 21.1. The molecule has 0 aromatic rings. The predicted octanol–water partition coefficient (Wildman–Crippen LogP) is 2.13. The smallest absolute Gasteiger partial charge is 0.458 e. The van der Waals surface area contributed by atoms with Crippen LogP contribution in [0, 0.1) is 0 Å². The number of cyclic esters (lactones) is 2. The lowest BCUT2D eigenvalue weighted by atomic mass is 10.4. The summed E-state index contributed by atoms with van der Waals surface area (Å²) in [7, 11) is -2.41. The van der Waals surface area contributed by atoms with E-state index >= 15 is 0 Å². The summed E-state index contributed by atoms with van der Waals surface area (Å²) in [6.45, 7) is 10.3. The molecule has 7 heteroatoms. The Labute approximate surface area is 112 Å². The molecule has 1 fully saturated rings. The second kappa shape index (κ2) is 7.27. The van der Waals surface area contributed by atoms with E-state index in [2.05, 4.69) is 30.9 Å². The summed E-state index contributed by atoms with van der Waals surface area (Å²) in [5.41, 5.74) is 0. The maximum absolute atomic E-state index is 10.7. The van der Waals surface area contributed by atoms with E-state index in [0.29, 0.717) is 19.8 Å². The van der Waals surface area contributed by atoms with Gasteiger partial charge in [0.05, 0.1) is 6.61 Å². The zero-order valence-electron chi connectivity index (χ0n) is 11.7. The largest absolute Gasteiger partial charge is 0.508 e. The molecule has 1 heterocycles. The summed E-state index contributed by atoms with van der Waals surface area (Å²) in [6.07, 6.45) is 0.193. The highest BCUT2D eigenvalue weighted by molar-refractivity contribution is 6.77. The number of hydrogen-bond acceptors (Lipinski definition) is 5. The molecule has 2 atom stereocenters. The van der Waals surface area contributed by atoms with Crippen LogP contribution in [0.2, 0.25) is 32.2 Å². The SMILES string of the molecule is C[SiH](CCCOCC1COC(=O)O1)O[Si](C)(C)C. The van der Waals surface area contributed by atoms with E-state index in [4.69, 9.17) is 13.6 Å². The van der Waals surface area contributed by atoms with Crippen LogP contribution in [0.4, 0.5) is 4.79 Å². The quantitative estimate of drug-likeness (QED) is 0.390. The van der Waals surface area contributed by atoms with Gasteiger partial charge in [-0.25, -0.2) is 4.79 Å². The molecule has 0 saturated carbocycles. The highest BCUT2D eigenvalue weighted by Crippen LogP contribution is 2.10. The molecule has 5 nitrogen and oxygen atoms in total. The van der Waals surface area contributed by atoms with Gasteiger partial charge in [-0.1, -0.05) is 0 Å². The van der Waals surface area contributed by atoms with E-state index in [1.165, 1.54) is 0 Å². The summed E-state index contributed by atoms with van der Waals surface area (Å²) in [6, 6.07) is 1.13. The van der Waals surface area contributed by atoms with Crippen LogP contribution in [-0.4, -0.2) is 49.4 Å². The molecule has 0 aliphatic carbocycles. The number of rotatable bonds is 8. The van der Waals surface area contributed by atoms with Crippen molar-refractivity contribution < 1.29 is 23.1 Å². The number of carbonyl (C=O) groups is 1. The average molecular weight is 292 g/mol. The predicted molar refractivity (Wildman–Crippen MR) is 73.9 cm³/mol. The summed E-state index contributed by atoms with van der Waals surface area (Å²) in [4.78, 5) is 10.7. The van der Waals surface area contributed by atoms with Gasteiger partial charge in [0.2, 0.25) is 0 Å². The Morgan fingerprint density at radius 1 is 1.44 bits per heavy atom. The monoisotopic (exact) mass is 292 g/mol. The van der Waals surface area contributed by atoms with Gasteiger partial charge >= 0.3 is 6.16 Å². The molecular weight excluding hydrogens is 268 g/mol. The van der Waals surface area contributed by atoms with Crippen molar-refractivity contribution in [1.29, 1.82) is 0 Å². The Kier molecular flexibility index (Phi) is 6.33. The molecule has 0 aromatic carbocycles. The molecule has 1 aliphatic heterocycles. The molecule has 1 saturated heterocycles. The van der Waals surface area contributed by atoms with Gasteiger partial charge in [-0.3, -0.25) is 0 Å².